The molecule has 76 valence electrons. The van der Waals surface area contributed by atoms with E-state index in [1.165, 1.54) is 0 Å². The van der Waals surface area contributed by atoms with Crippen LogP contribution in [0.15, 0.2) is 5.10 Å². The number of nitrogens with one attached hydrogen (secondary N) is 3. The quantitative estimate of drug-likeness (QED) is 0.483. The zero-order valence-corrected chi connectivity index (χ0v) is 8.30. The highest BCUT2D eigenvalue weighted by Gasteiger charge is 2.14. The summed E-state index contributed by atoms with van der Waals surface area (Å²) < 4.78 is 0. The molecule has 1 aliphatic heterocycles. The molecule has 5 heteroatoms. The monoisotopic (exact) mass is 185 g/mol. The fourth-order valence-electron chi connectivity index (χ4n) is 1.52. The van der Waals surface area contributed by atoms with E-state index >= 15 is 0 Å². The topological polar surface area (TPSA) is 74.5 Å². The second kappa shape index (κ2) is 5.04. The summed E-state index contributed by atoms with van der Waals surface area (Å²) in [6.07, 6.45) is 2.06. The lowest BCUT2D eigenvalue weighted by Crippen LogP contribution is -2.36. The van der Waals surface area contributed by atoms with Gasteiger partial charge in [0.2, 0.25) is 0 Å². The third kappa shape index (κ3) is 3.61. The minimum absolute atomic E-state index is 0.521. The number of hydrogen-bond acceptors (Lipinski definition) is 5. The van der Waals surface area contributed by atoms with Crippen LogP contribution in [0.25, 0.3) is 0 Å². The SMILES string of the molecule is CC(C)CC(CN)CC1=NNNN1. The lowest BCUT2D eigenvalue weighted by atomic mass is 9.94. The highest BCUT2D eigenvalue weighted by Crippen LogP contribution is 2.14. The van der Waals surface area contributed by atoms with Gasteiger partial charge in [-0.05, 0) is 24.8 Å². The van der Waals surface area contributed by atoms with Gasteiger partial charge in [-0.2, -0.15) is 0 Å². The molecule has 5 nitrogen and oxygen atoms in total. The summed E-state index contributed by atoms with van der Waals surface area (Å²) >= 11 is 0. The van der Waals surface area contributed by atoms with Crippen molar-refractivity contribution in [1.82, 2.24) is 16.5 Å². The molecule has 0 bridgehead atoms. The van der Waals surface area contributed by atoms with Gasteiger partial charge in [0.15, 0.2) is 0 Å². The van der Waals surface area contributed by atoms with Crippen molar-refractivity contribution in [3.05, 3.63) is 0 Å². The van der Waals surface area contributed by atoms with Gasteiger partial charge in [-0.3, -0.25) is 5.43 Å². The van der Waals surface area contributed by atoms with Crippen molar-refractivity contribution in [3.8, 4) is 0 Å². The van der Waals surface area contributed by atoms with Crippen LogP contribution in [0.3, 0.4) is 0 Å². The van der Waals surface area contributed by atoms with Crippen molar-refractivity contribution in [1.29, 1.82) is 0 Å². The normalized spacial score (nSPS) is 18.0. The first-order chi connectivity index (χ1) is 6.22. The number of amidine groups is 1. The Balaban J connectivity index is 2.30. The van der Waals surface area contributed by atoms with E-state index in [1.807, 2.05) is 0 Å². The first kappa shape index (κ1) is 10.3. The molecular formula is C8H19N5. The third-order valence-corrected chi connectivity index (χ3v) is 2.07. The Kier molecular flexibility index (Phi) is 3.98. The van der Waals surface area contributed by atoms with Crippen LogP contribution < -0.4 is 22.2 Å². The van der Waals surface area contributed by atoms with Gasteiger partial charge in [0, 0.05) is 6.42 Å². The van der Waals surface area contributed by atoms with Crippen LogP contribution in [-0.2, 0) is 0 Å². The van der Waals surface area contributed by atoms with Crippen molar-refractivity contribution < 1.29 is 0 Å². The van der Waals surface area contributed by atoms with E-state index in [4.69, 9.17) is 5.73 Å². The largest absolute Gasteiger partial charge is 0.330 e. The van der Waals surface area contributed by atoms with Crippen LogP contribution in [0.5, 0.6) is 0 Å². The number of hydrogen-bond donors (Lipinski definition) is 4. The fraction of sp³-hybridized carbons (Fsp3) is 0.875. The molecule has 1 unspecified atom stereocenters. The maximum absolute atomic E-state index is 5.68. The Bertz CT molecular complexity index is 177. The number of nitrogens with zero attached hydrogens (tertiary/aromatic N) is 1. The Morgan fingerprint density at radius 3 is 2.69 bits per heavy atom. The minimum atomic E-state index is 0.521. The van der Waals surface area contributed by atoms with Gasteiger partial charge < -0.3 is 5.73 Å². The van der Waals surface area contributed by atoms with Crippen LogP contribution in [0, 0.1) is 11.8 Å². The molecule has 13 heavy (non-hydrogen) atoms. The molecule has 1 heterocycles. The second-order valence-corrected chi connectivity index (χ2v) is 3.86. The Hall–Kier alpha value is -0.810. The molecule has 0 aromatic rings. The van der Waals surface area contributed by atoms with E-state index in [2.05, 4.69) is 35.4 Å². The summed E-state index contributed by atoms with van der Waals surface area (Å²) in [6, 6.07) is 0. The lowest BCUT2D eigenvalue weighted by molar-refractivity contribution is 0.425. The Morgan fingerprint density at radius 2 is 2.23 bits per heavy atom. The molecule has 0 amide bonds. The number of hydrazine groups is 2. The number of hydrazone groups is 1. The fourth-order valence-corrected chi connectivity index (χ4v) is 1.52. The second-order valence-electron chi connectivity index (χ2n) is 3.86. The molecule has 1 rings (SSSR count). The summed E-state index contributed by atoms with van der Waals surface area (Å²) in [5, 5.41) is 4.02. The summed E-state index contributed by atoms with van der Waals surface area (Å²) in [5.74, 6) is 2.15. The molecular weight excluding hydrogens is 166 g/mol. The molecule has 0 aliphatic carbocycles. The van der Waals surface area contributed by atoms with E-state index < -0.39 is 0 Å². The molecule has 0 radical (unpaired) electrons. The van der Waals surface area contributed by atoms with Crippen LogP contribution in [0.4, 0.5) is 0 Å². The third-order valence-electron chi connectivity index (χ3n) is 2.07. The Morgan fingerprint density at radius 1 is 1.46 bits per heavy atom. The smallest absolute Gasteiger partial charge is 0.139 e. The number of nitrogens with two attached hydrogens (primary N) is 1. The van der Waals surface area contributed by atoms with Gasteiger partial charge >= 0.3 is 0 Å². The van der Waals surface area contributed by atoms with Crippen LogP contribution in [-0.4, -0.2) is 12.4 Å². The average molecular weight is 185 g/mol. The van der Waals surface area contributed by atoms with Gasteiger partial charge in [0.05, 0.1) is 0 Å². The summed E-state index contributed by atoms with van der Waals surface area (Å²) in [5.41, 5.74) is 14.0. The molecule has 0 fully saturated rings. The molecule has 0 saturated heterocycles. The number of rotatable bonds is 5. The van der Waals surface area contributed by atoms with Gasteiger partial charge in [-0.25, -0.2) is 5.53 Å². The van der Waals surface area contributed by atoms with Crippen molar-refractivity contribution >= 4 is 5.84 Å². The molecule has 1 aliphatic rings. The van der Waals surface area contributed by atoms with Gasteiger partial charge in [-0.15, -0.1) is 10.6 Å². The molecule has 1 atom stereocenters. The molecule has 0 saturated carbocycles. The molecule has 5 N–H and O–H groups in total. The van der Waals surface area contributed by atoms with Crippen molar-refractivity contribution in [2.45, 2.75) is 26.7 Å². The highest BCUT2D eigenvalue weighted by atomic mass is 15.8. The van der Waals surface area contributed by atoms with Gasteiger partial charge in [-0.1, -0.05) is 13.8 Å². The predicted molar refractivity (Wildman–Crippen MR) is 53.5 cm³/mol. The van der Waals surface area contributed by atoms with Gasteiger partial charge in [0.1, 0.15) is 5.84 Å². The van der Waals surface area contributed by atoms with Crippen LogP contribution >= 0.6 is 0 Å². The van der Waals surface area contributed by atoms with Crippen LogP contribution in [0.1, 0.15) is 26.7 Å². The van der Waals surface area contributed by atoms with Crippen molar-refractivity contribution in [2.75, 3.05) is 6.54 Å². The lowest BCUT2D eigenvalue weighted by Gasteiger charge is -2.16. The van der Waals surface area contributed by atoms with Gasteiger partial charge in [0.25, 0.3) is 0 Å². The van der Waals surface area contributed by atoms with Crippen molar-refractivity contribution in [2.24, 2.45) is 22.7 Å². The summed E-state index contributed by atoms with van der Waals surface area (Å²) in [6.45, 7) is 5.14. The van der Waals surface area contributed by atoms with Crippen molar-refractivity contribution in [3.63, 3.8) is 0 Å². The minimum Gasteiger partial charge on any atom is -0.330 e. The highest BCUT2D eigenvalue weighted by molar-refractivity contribution is 5.82. The summed E-state index contributed by atoms with van der Waals surface area (Å²) in [7, 11) is 0. The maximum atomic E-state index is 5.68. The first-order valence-corrected chi connectivity index (χ1v) is 4.75. The maximum Gasteiger partial charge on any atom is 0.139 e. The van der Waals surface area contributed by atoms with E-state index in [0.717, 1.165) is 25.2 Å². The van der Waals surface area contributed by atoms with E-state index in [1.54, 1.807) is 0 Å². The van der Waals surface area contributed by atoms with E-state index in [9.17, 15) is 0 Å². The molecule has 0 aromatic carbocycles. The summed E-state index contributed by atoms with van der Waals surface area (Å²) in [4.78, 5) is 0. The predicted octanol–water partition coefficient (Wildman–Crippen LogP) is -0.0766. The Labute approximate surface area is 79.1 Å². The average Bonchev–Trinajstić information content (AvgIpc) is 2.55. The van der Waals surface area contributed by atoms with Crippen LogP contribution in [0.2, 0.25) is 0 Å². The molecule has 0 spiro atoms. The zero-order chi connectivity index (χ0) is 9.68. The van der Waals surface area contributed by atoms with E-state index in [-0.39, 0.29) is 0 Å². The first-order valence-electron chi connectivity index (χ1n) is 4.75. The zero-order valence-electron chi connectivity index (χ0n) is 8.30. The molecule has 0 aromatic heterocycles. The standard InChI is InChI=1S/C8H19N5/c1-6(2)3-7(5-9)4-8-10-12-13-11-8/h6-7,12-13H,3-5,9H2,1-2H3,(H,10,11). The van der Waals surface area contributed by atoms with E-state index in [0.29, 0.717) is 11.8 Å².